The lowest BCUT2D eigenvalue weighted by molar-refractivity contribution is -0.142. The third-order valence-electron chi connectivity index (χ3n) is 5.40. The van der Waals surface area contributed by atoms with Gasteiger partial charge in [0.05, 0.1) is 18.9 Å². The third kappa shape index (κ3) is 3.21. The molecule has 0 bridgehead atoms. The lowest BCUT2D eigenvalue weighted by Crippen LogP contribution is -2.40. The number of carbonyl (C=O) groups is 1. The Morgan fingerprint density at radius 3 is 2.69 bits per heavy atom. The van der Waals surface area contributed by atoms with Crippen LogP contribution in [-0.4, -0.2) is 53.4 Å². The van der Waals surface area contributed by atoms with Crippen LogP contribution in [0.1, 0.15) is 31.0 Å². The summed E-state index contributed by atoms with van der Waals surface area (Å²) in [7, 11) is 1.66. The Balaban J connectivity index is 1.50. The fourth-order valence-corrected chi connectivity index (χ4v) is 3.88. The number of ether oxygens (including phenoxy) is 2. The molecule has 1 aromatic heterocycles. The lowest BCUT2D eigenvalue weighted by atomic mass is 10.0. The Kier molecular flexibility index (Phi) is 4.68. The largest absolute Gasteiger partial charge is 0.497 e. The predicted molar refractivity (Wildman–Crippen MR) is 98.1 cm³/mol. The van der Waals surface area contributed by atoms with Crippen molar-refractivity contribution < 1.29 is 14.3 Å². The maximum absolute atomic E-state index is 12.8. The SMILES string of the molecule is COc1ccc(-c2n[nH]c3c2CCN(C(=O)[C@H]2CC[C@@H](C)O2)CC3)cc1. The number of nitrogens with one attached hydrogen (secondary N) is 1. The van der Waals surface area contributed by atoms with E-state index in [0.717, 1.165) is 48.4 Å². The van der Waals surface area contributed by atoms with Crippen LogP contribution < -0.4 is 4.74 Å². The monoisotopic (exact) mass is 355 g/mol. The molecule has 0 aliphatic carbocycles. The Bertz CT molecular complexity index is 784. The first-order valence-corrected chi connectivity index (χ1v) is 9.30. The van der Waals surface area contributed by atoms with Crippen molar-refractivity contribution in [2.24, 2.45) is 0 Å². The molecule has 2 aromatic rings. The van der Waals surface area contributed by atoms with Crippen molar-refractivity contribution in [1.29, 1.82) is 0 Å². The highest BCUT2D eigenvalue weighted by molar-refractivity contribution is 5.81. The van der Waals surface area contributed by atoms with Crippen LogP contribution in [0.15, 0.2) is 24.3 Å². The predicted octanol–water partition coefficient (Wildman–Crippen LogP) is 2.58. The van der Waals surface area contributed by atoms with Crippen LogP contribution in [0.4, 0.5) is 0 Å². The molecular formula is C20H25N3O3. The van der Waals surface area contributed by atoms with Crippen molar-refractivity contribution in [3.8, 4) is 17.0 Å². The highest BCUT2D eigenvalue weighted by atomic mass is 16.5. The minimum atomic E-state index is -0.263. The van der Waals surface area contributed by atoms with Crippen molar-refractivity contribution in [2.45, 2.75) is 44.8 Å². The molecule has 2 aliphatic rings. The van der Waals surface area contributed by atoms with Gasteiger partial charge in [0.25, 0.3) is 5.91 Å². The van der Waals surface area contributed by atoms with E-state index in [1.54, 1.807) is 7.11 Å². The highest BCUT2D eigenvalue weighted by Gasteiger charge is 2.32. The standard InChI is InChI=1S/C20H25N3O3/c1-13-3-8-18(26-13)20(24)23-11-9-16-17(10-12-23)21-22-19(16)14-4-6-15(25-2)7-5-14/h4-7,13,18H,3,8-12H2,1-2H3,(H,21,22)/t13-,18-/m1/s1. The number of hydrogen-bond acceptors (Lipinski definition) is 4. The minimum Gasteiger partial charge on any atom is -0.497 e. The van der Waals surface area contributed by atoms with Gasteiger partial charge in [-0.15, -0.1) is 0 Å². The average Bonchev–Trinajstić information content (AvgIpc) is 3.22. The topological polar surface area (TPSA) is 67.5 Å². The fourth-order valence-electron chi connectivity index (χ4n) is 3.88. The van der Waals surface area contributed by atoms with Gasteiger partial charge in [-0.05, 0) is 50.5 Å². The third-order valence-corrected chi connectivity index (χ3v) is 5.40. The molecule has 1 N–H and O–H groups in total. The number of aromatic nitrogens is 2. The number of H-pyrrole nitrogens is 1. The molecule has 4 rings (SSSR count). The molecule has 1 amide bonds. The van der Waals surface area contributed by atoms with Crippen LogP contribution in [0.2, 0.25) is 0 Å². The highest BCUT2D eigenvalue weighted by Crippen LogP contribution is 2.29. The number of carbonyl (C=O) groups excluding carboxylic acids is 1. The van der Waals surface area contributed by atoms with Crippen molar-refractivity contribution >= 4 is 5.91 Å². The summed E-state index contributed by atoms with van der Waals surface area (Å²) in [5.74, 6) is 0.969. The van der Waals surface area contributed by atoms with Crippen LogP contribution >= 0.6 is 0 Å². The number of benzene rings is 1. The molecule has 1 saturated heterocycles. The molecule has 138 valence electrons. The quantitative estimate of drug-likeness (QED) is 0.919. The number of aromatic amines is 1. The number of nitrogens with zero attached hydrogens (tertiary/aromatic N) is 2. The molecule has 2 aliphatic heterocycles. The minimum absolute atomic E-state index is 0.137. The molecular weight excluding hydrogens is 330 g/mol. The second kappa shape index (κ2) is 7.11. The van der Waals surface area contributed by atoms with E-state index >= 15 is 0 Å². The summed E-state index contributed by atoms with van der Waals surface area (Å²) in [6.45, 7) is 3.46. The average molecular weight is 355 g/mol. The number of methoxy groups -OCH3 is 1. The molecule has 26 heavy (non-hydrogen) atoms. The first kappa shape index (κ1) is 17.1. The Labute approximate surface area is 153 Å². The molecule has 0 unspecified atom stereocenters. The fraction of sp³-hybridized carbons (Fsp3) is 0.500. The van der Waals surface area contributed by atoms with Crippen molar-refractivity contribution in [3.63, 3.8) is 0 Å². The van der Waals surface area contributed by atoms with Gasteiger partial charge >= 0.3 is 0 Å². The van der Waals surface area contributed by atoms with E-state index in [2.05, 4.69) is 10.2 Å². The van der Waals surface area contributed by atoms with Crippen molar-refractivity contribution in [1.82, 2.24) is 15.1 Å². The van der Waals surface area contributed by atoms with Crippen LogP contribution in [-0.2, 0) is 22.4 Å². The summed E-state index contributed by atoms with van der Waals surface area (Å²) in [6.07, 6.45) is 3.33. The molecule has 1 aromatic carbocycles. The maximum Gasteiger partial charge on any atom is 0.251 e. The number of fused-ring (bicyclic) bond motifs is 1. The van der Waals surface area contributed by atoms with E-state index in [9.17, 15) is 4.79 Å². The van der Waals surface area contributed by atoms with Crippen LogP contribution in [0.25, 0.3) is 11.3 Å². The number of hydrogen-bond donors (Lipinski definition) is 1. The second-order valence-electron chi connectivity index (χ2n) is 7.10. The summed E-state index contributed by atoms with van der Waals surface area (Å²) in [6, 6.07) is 7.94. The van der Waals surface area contributed by atoms with Crippen molar-refractivity contribution in [2.75, 3.05) is 20.2 Å². The van der Waals surface area contributed by atoms with Gasteiger partial charge in [0.2, 0.25) is 0 Å². The van der Waals surface area contributed by atoms with Crippen LogP contribution in [0.5, 0.6) is 5.75 Å². The molecule has 1 fully saturated rings. The molecule has 2 atom stereocenters. The summed E-state index contributed by atoms with van der Waals surface area (Å²) >= 11 is 0. The van der Waals surface area contributed by atoms with Gasteiger partial charge in [-0.25, -0.2) is 0 Å². The number of rotatable bonds is 3. The zero-order valence-electron chi connectivity index (χ0n) is 15.3. The zero-order chi connectivity index (χ0) is 18.1. The zero-order valence-corrected chi connectivity index (χ0v) is 15.3. The van der Waals surface area contributed by atoms with E-state index in [0.29, 0.717) is 13.1 Å². The molecule has 0 spiro atoms. The molecule has 0 saturated carbocycles. The Morgan fingerprint density at radius 2 is 2.00 bits per heavy atom. The van der Waals surface area contributed by atoms with E-state index in [-0.39, 0.29) is 18.1 Å². The molecule has 6 nitrogen and oxygen atoms in total. The van der Waals surface area contributed by atoms with E-state index < -0.39 is 0 Å². The smallest absolute Gasteiger partial charge is 0.251 e. The van der Waals surface area contributed by atoms with Gasteiger partial charge < -0.3 is 14.4 Å². The normalized spacial score (nSPS) is 22.8. The molecule has 3 heterocycles. The second-order valence-corrected chi connectivity index (χ2v) is 7.10. The summed E-state index contributed by atoms with van der Waals surface area (Å²) in [4.78, 5) is 14.7. The lowest BCUT2D eigenvalue weighted by Gasteiger charge is -2.23. The van der Waals surface area contributed by atoms with Crippen LogP contribution in [0.3, 0.4) is 0 Å². The Hall–Kier alpha value is -2.34. The summed E-state index contributed by atoms with van der Waals surface area (Å²) in [5, 5.41) is 7.71. The van der Waals surface area contributed by atoms with Gasteiger partial charge in [-0.2, -0.15) is 5.10 Å². The van der Waals surface area contributed by atoms with Gasteiger partial charge in [0.1, 0.15) is 11.9 Å². The van der Waals surface area contributed by atoms with Crippen molar-refractivity contribution in [3.05, 3.63) is 35.5 Å². The van der Waals surface area contributed by atoms with Gasteiger partial charge in [-0.3, -0.25) is 9.89 Å². The van der Waals surface area contributed by atoms with Gasteiger partial charge in [0, 0.05) is 36.3 Å². The summed E-state index contributed by atoms with van der Waals surface area (Å²) in [5.41, 5.74) is 4.39. The van der Waals surface area contributed by atoms with E-state index in [1.807, 2.05) is 36.1 Å². The number of amides is 1. The molecule has 6 heteroatoms. The van der Waals surface area contributed by atoms with Gasteiger partial charge in [-0.1, -0.05) is 0 Å². The van der Waals surface area contributed by atoms with Crippen LogP contribution in [0, 0.1) is 0 Å². The van der Waals surface area contributed by atoms with E-state index in [1.165, 1.54) is 5.56 Å². The maximum atomic E-state index is 12.8. The summed E-state index contributed by atoms with van der Waals surface area (Å²) < 4.78 is 11.0. The van der Waals surface area contributed by atoms with Gasteiger partial charge in [0.15, 0.2) is 0 Å². The molecule has 0 radical (unpaired) electrons. The van der Waals surface area contributed by atoms with E-state index in [4.69, 9.17) is 9.47 Å². The first-order valence-electron chi connectivity index (χ1n) is 9.30. The first-order chi connectivity index (χ1) is 12.7. The Morgan fingerprint density at radius 1 is 1.23 bits per heavy atom.